The van der Waals surface area contributed by atoms with E-state index in [0.717, 1.165) is 31.4 Å². The molecule has 0 saturated carbocycles. The van der Waals surface area contributed by atoms with Gasteiger partial charge >= 0.3 is 5.97 Å². The highest BCUT2D eigenvalue weighted by atomic mass is 16.5. The Kier molecular flexibility index (Phi) is 8.31. The van der Waals surface area contributed by atoms with Gasteiger partial charge in [0.2, 0.25) is 0 Å². The van der Waals surface area contributed by atoms with Crippen molar-refractivity contribution in [1.29, 1.82) is 0 Å². The van der Waals surface area contributed by atoms with Gasteiger partial charge in [-0.1, -0.05) is 65.8 Å². The summed E-state index contributed by atoms with van der Waals surface area (Å²) in [4.78, 5) is 12.2. The fraction of sp³-hybridized carbons (Fsp3) is 0.500. The van der Waals surface area contributed by atoms with Crippen molar-refractivity contribution < 1.29 is 14.3 Å². The number of benzene rings is 2. The molecule has 29 heavy (non-hydrogen) atoms. The maximum atomic E-state index is 12.2. The zero-order valence-electron chi connectivity index (χ0n) is 18.8. The van der Waals surface area contributed by atoms with Crippen LogP contribution >= 0.6 is 0 Å². The van der Waals surface area contributed by atoms with Crippen molar-refractivity contribution in [2.24, 2.45) is 5.92 Å². The van der Waals surface area contributed by atoms with E-state index in [4.69, 9.17) is 9.47 Å². The molecule has 0 spiro atoms. The highest BCUT2D eigenvalue weighted by molar-refractivity contribution is 5.75. The fourth-order valence-corrected chi connectivity index (χ4v) is 3.53. The fourth-order valence-electron chi connectivity index (χ4n) is 3.53. The molecule has 2 aromatic carbocycles. The van der Waals surface area contributed by atoms with E-state index < -0.39 is 0 Å². The van der Waals surface area contributed by atoms with Gasteiger partial charge in [-0.2, -0.15) is 0 Å². The van der Waals surface area contributed by atoms with Gasteiger partial charge in [-0.25, -0.2) is 0 Å². The van der Waals surface area contributed by atoms with E-state index in [1.807, 2.05) is 38.1 Å². The first-order valence-corrected chi connectivity index (χ1v) is 10.9. The van der Waals surface area contributed by atoms with Crippen LogP contribution < -0.4 is 9.47 Å². The van der Waals surface area contributed by atoms with Crippen LogP contribution in [0.4, 0.5) is 0 Å². The Labute approximate surface area is 176 Å². The molecule has 2 rings (SSSR count). The molecule has 0 heterocycles. The summed E-state index contributed by atoms with van der Waals surface area (Å²) in [5.74, 6) is 1.35. The molecule has 0 amide bonds. The second-order valence-electron chi connectivity index (χ2n) is 8.16. The molecule has 0 N–H and O–H groups in total. The molecule has 0 saturated heterocycles. The van der Waals surface area contributed by atoms with Crippen LogP contribution in [0.5, 0.6) is 11.5 Å². The molecule has 0 aliphatic rings. The van der Waals surface area contributed by atoms with E-state index in [-0.39, 0.29) is 23.4 Å². The van der Waals surface area contributed by atoms with Gasteiger partial charge in [0, 0.05) is 5.41 Å². The van der Waals surface area contributed by atoms with Gasteiger partial charge in [-0.3, -0.25) is 4.79 Å². The average molecular weight is 397 g/mol. The predicted octanol–water partition coefficient (Wildman–Crippen LogP) is 6.92. The number of esters is 1. The topological polar surface area (TPSA) is 35.5 Å². The van der Waals surface area contributed by atoms with Crippen LogP contribution in [-0.4, -0.2) is 12.1 Å². The minimum atomic E-state index is -0.161. The smallest absolute Gasteiger partial charge is 0.314 e. The SMILES string of the molecule is CCC(CC)Oc1ccc(C(C)(C)c2ccc(OC(=O)C(CC)CC)cc2)cc1. The van der Waals surface area contributed by atoms with E-state index >= 15 is 0 Å². The van der Waals surface area contributed by atoms with Gasteiger partial charge in [0.25, 0.3) is 0 Å². The molecule has 0 bridgehead atoms. The summed E-state index contributed by atoms with van der Waals surface area (Å²) in [5.41, 5.74) is 2.23. The lowest BCUT2D eigenvalue weighted by molar-refractivity contribution is -0.139. The van der Waals surface area contributed by atoms with Gasteiger partial charge in [0.15, 0.2) is 0 Å². The number of carbonyl (C=O) groups is 1. The van der Waals surface area contributed by atoms with Gasteiger partial charge < -0.3 is 9.47 Å². The van der Waals surface area contributed by atoms with Crippen molar-refractivity contribution in [2.45, 2.75) is 78.7 Å². The highest BCUT2D eigenvalue weighted by Crippen LogP contribution is 2.33. The van der Waals surface area contributed by atoms with E-state index in [2.05, 4.69) is 52.0 Å². The summed E-state index contributed by atoms with van der Waals surface area (Å²) < 4.78 is 11.6. The molecule has 0 fully saturated rings. The van der Waals surface area contributed by atoms with Crippen LogP contribution in [0, 0.1) is 5.92 Å². The van der Waals surface area contributed by atoms with Crippen LogP contribution in [0.1, 0.15) is 78.4 Å². The molecular formula is C26H36O3. The van der Waals surface area contributed by atoms with E-state index in [1.165, 1.54) is 11.1 Å². The summed E-state index contributed by atoms with van der Waals surface area (Å²) in [5, 5.41) is 0. The third-order valence-corrected chi connectivity index (χ3v) is 5.90. The Morgan fingerprint density at radius 1 is 0.759 bits per heavy atom. The number of carbonyl (C=O) groups excluding carboxylic acids is 1. The first kappa shape index (κ1) is 23.0. The lowest BCUT2D eigenvalue weighted by Crippen LogP contribution is -2.20. The minimum absolute atomic E-state index is 0.0353. The van der Waals surface area contributed by atoms with Crippen molar-refractivity contribution in [2.75, 3.05) is 0 Å². The summed E-state index contributed by atoms with van der Waals surface area (Å²) >= 11 is 0. The van der Waals surface area contributed by atoms with Crippen LogP contribution in [0.2, 0.25) is 0 Å². The van der Waals surface area contributed by atoms with Crippen LogP contribution in [0.3, 0.4) is 0 Å². The van der Waals surface area contributed by atoms with Crippen LogP contribution in [0.15, 0.2) is 48.5 Å². The molecule has 0 aromatic heterocycles. The molecule has 3 nitrogen and oxygen atoms in total. The zero-order chi connectivity index (χ0) is 21.4. The monoisotopic (exact) mass is 396 g/mol. The van der Waals surface area contributed by atoms with Gasteiger partial charge in [-0.15, -0.1) is 0 Å². The van der Waals surface area contributed by atoms with Crippen LogP contribution in [-0.2, 0) is 10.2 Å². The maximum Gasteiger partial charge on any atom is 0.314 e. The summed E-state index contributed by atoms with van der Waals surface area (Å²) in [6, 6.07) is 16.3. The van der Waals surface area contributed by atoms with E-state index in [0.29, 0.717) is 5.75 Å². The molecule has 2 aromatic rings. The second kappa shape index (κ2) is 10.5. The molecule has 0 aliphatic carbocycles. The quantitative estimate of drug-likeness (QED) is 0.323. The molecule has 158 valence electrons. The lowest BCUT2D eigenvalue weighted by Gasteiger charge is -2.27. The second-order valence-corrected chi connectivity index (χ2v) is 8.16. The predicted molar refractivity (Wildman–Crippen MR) is 120 cm³/mol. The third kappa shape index (κ3) is 5.85. The van der Waals surface area contributed by atoms with Crippen molar-refractivity contribution >= 4 is 5.97 Å². The van der Waals surface area contributed by atoms with E-state index in [1.54, 1.807) is 0 Å². The standard InChI is InChI=1S/C26H36O3/c1-7-19(8-2)25(27)29-24-17-13-21(14-18-24)26(5,6)20-11-15-23(16-12-20)28-22(9-3)10-4/h11-19,22H,7-10H2,1-6H3. The first-order valence-electron chi connectivity index (χ1n) is 10.9. The third-order valence-electron chi connectivity index (χ3n) is 5.90. The van der Waals surface area contributed by atoms with Gasteiger partial charge in [0.05, 0.1) is 12.0 Å². The Hall–Kier alpha value is -2.29. The number of rotatable bonds is 10. The van der Waals surface area contributed by atoms with Crippen molar-refractivity contribution in [3.63, 3.8) is 0 Å². The van der Waals surface area contributed by atoms with E-state index in [9.17, 15) is 4.79 Å². The van der Waals surface area contributed by atoms with Crippen molar-refractivity contribution in [3.05, 3.63) is 59.7 Å². The lowest BCUT2D eigenvalue weighted by atomic mass is 9.78. The number of hydrogen-bond acceptors (Lipinski definition) is 3. The molecule has 0 radical (unpaired) electrons. The van der Waals surface area contributed by atoms with Gasteiger partial charge in [0.1, 0.15) is 11.5 Å². The molecular weight excluding hydrogens is 360 g/mol. The Morgan fingerprint density at radius 2 is 1.21 bits per heavy atom. The number of hydrogen-bond donors (Lipinski definition) is 0. The average Bonchev–Trinajstić information content (AvgIpc) is 2.73. The van der Waals surface area contributed by atoms with Crippen molar-refractivity contribution in [1.82, 2.24) is 0 Å². The molecule has 0 unspecified atom stereocenters. The summed E-state index contributed by atoms with van der Waals surface area (Å²) in [7, 11) is 0. The molecule has 0 aliphatic heterocycles. The first-order chi connectivity index (χ1) is 13.8. The Balaban J connectivity index is 2.11. The largest absolute Gasteiger partial charge is 0.490 e. The minimum Gasteiger partial charge on any atom is -0.490 e. The summed E-state index contributed by atoms with van der Waals surface area (Å²) in [6.45, 7) is 12.7. The van der Waals surface area contributed by atoms with Crippen LogP contribution in [0.25, 0.3) is 0 Å². The Morgan fingerprint density at radius 3 is 1.62 bits per heavy atom. The van der Waals surface area contributed by atoms with Gasteiger partial charge in [-0.05, 0) is 61.1 Å². The zero-order valence-corrected chi connectivity index (χ0v) is 18.8. The molecule has 3 heteroatoms. The number of ether oxygens (including phenoxy) is 2. The highest BCUT2D eigenvalue weighted by Gasteiger charge is 2.24. The normalized spacial score (nSPS) is 11.7. The molecule has 0 atom stereocenters. The Bertz CT molecular complexity index is 752. The summed E-state index contributed by atoms with van der Waals surface area (Å²) in [6.07, 6.45) is 3.90. The maximum absolute atomic E-state index is 12.2. The van der Waals surface area contributed by atoms with Crippen molar-refractivity contribution in [3.8, 4) is 11.5 Å².